The summed E-state index contributed by atoms with van der Waals surface area (Å²) in [6.07, 6.45) is 5.57. The van der Waals surface area contributed by atoms with E-state index in [2.05, 4.69) is 16.7 Å². The van der Waals surface area contributed by atoms with Gasteiger partial charge in [-0.1, -0.05) is 6.07 Å². The summed E-state index contributed by atoms with van der Waals surface area (Å²) < 4.78 is 2.16. The lowest BCUT2D eigenvalue weighted by Gasteiger charge is -2.31. The molecule has 0 saturated carbocycles. The standard InChI is InChI=1S/C23H28N4O2/c1-16(28)26-11-4-6-21(26)23(29)27-12-3-5-19(27)9-10-20-14-18-8-7-17(15-24)13-22(18)25(20)2/h7-8,13-14,19,21H,3-6,9-12H2,1-2H3. The van der Waals surface area contributed by atoms with Crippen LogP contribution in [0.2, 0.25) is 0 Å². The molecule has 2 fully saturated rings. The monoisotopic (exact) mass is 392 g/mol. The molecule has 6 heteroatoms. The van der Waals surface area contributed by atoms with E-state index in [0.29, 0.717) is 12.1 Å². The van der Waals surface area contributed by atoms with Crippen molar-refractivity contribution in [3.63, 3.8) is 0 Å². The van der Waals surface area contributed by atoms with Gasteiger partial charge < -0.3 is 14.4 Å². The first-order chi connectivity index (χ1) is 14.0. The molecule has 0 aliphatic carbocycles. The topological polar surface area (TPSA) is 69.3 Å². The second-order valence-corrected chi connectivity index (χ2v) is 8.32. The van der Waals surface area contributed by atoms with E-state index in [4.69, 9.17) is 5.26 Å². The van der Waals surface area contributed by atoms with E-state index in [0.717, 1.165) is 56.0 Å². The maximum absolute atomic E-state index is 13.2. The molecular formula is C23H28N4O2. The molecule has 2 aliphatic heterocycles. The van der Waals surface area contributed by atoms with Crippen molar-refractivity contribution in [1.29, 1.82) is 5.26 Å². The molecule has 2 aliphatic rings. The number of nitrogens with zero attached hydrogens (tertiary/aromatic N) is 4. The normalized spacial score (nSPS) is 21.7. The minimum Gasteiger partial charge on any atom is -0.348 e. The van der Waals surface area contributed by atoms with Crippen LogP contribution in [0.4, 0.5) is 0 Å². The molecule has 152 valence electrons. The first kappa shape index (κ1) is 19.5. The van der Waals surface area contributed by atoms with Crippen molar-refractivity contribution in [2.24, 2.45) is 7.05 Å². The van der Waals surface area contributed by atoms with Gasteiger partial charge in [0.25, 0.3) is 0 Å². The Bertz CT molecular complexity index is 987. The Morgan fingerprint density at radius 1 is 1.14 bits per heavy atom. The van der Waals surface area contributed by atoms with Crippen LogP contribution >= 0.6 is 0 Å². The van der Waals surface area contributed by atoms with Gasteiger partial charge in [-0.05, 0) is 62.1 Å². The van der Waals surface area contributed by atoms with Crippen LogP contribution < -0.4 is 0 Å². The molecule has 1 aromatic heterocycles. The molecule has 2 unspecified atom stereocenters. The maximum Gasteiger partial charge on any atom is 0.245 e. The van der Waals surface area contributed by atoms with E-state index in [1.54, 1.807) is 11.8 Å². The number of likely N-dealkylation sites (tertiary alicyclic amines) is 2. The van der Waals surface area contributed by atoms with E-state index in [1.807, 2.05) is 30.1 Å². The lowest BCUT2D eigenvalue weighted by molar-refractivity contribution is -0.143. The van der Waals surface area contributed by atoms with Gasteiger partial charge in [-0.25, -0.2) is 0 Å². The third-order valence-electron chi connectivity index (χ3n) is 6.61. The Hall–Kier alpha value is -2.81. The highest BCUT2D eigenvalue weighted by molar-refractivity contribution is 5.88. The lowest BCUT2D eigenvalue weighted by atomic mass is 10.1. The maximum atomic E-state index is 13.2. The molecule has 4 rings (SSSR count). The molecule has 3 heterocycles. The summed E-state index contributed by atoms with van der Waals surface area (Å²) >= 11 is 0. The van der Waals surface area contributed by atoms with Crippen LogP contribution in [-0.2, 0) is 23.1 Å². The van der Waals surface area contributed by atoms with Crippen molar-refractivity contribution in [2.75, 3.05) is 13.1 Å². The minimum absolute atomic E-state index is 0.00355. The van der Waals surface area contributed by atoms with Gasteiger partial charge in [0.15, 0.2) is 0 Å². The molecule has 1 aromatic carbocycles. The van der Waals surface area contributed by atoms with Crippen LogP contribution in [0, 0.1) is 11.3 Å². The smallest absolute Gasteiger partial charge is 0.245 e. The second-order valence-electron chi connectivity index (χ2n) is 8.32. The van der Waals surface area contributed by atoms with Crippen LogP contribution in [0.5, 0.6) is 0 Å². The van der Waals surface area contributed by atoms with Crippen molar-refractivity contribution >= 4 is 22.7 Å². The van der Waals surface area contributed by atoms with Gasteiger partial charge in [0.05, 0.1) is 11.6 Å². The third kappa shape index (κ3) is 3.62. The Balaban J connectivity index is 1.46. The van der Waals surface area contributed by atoms with Gasteiger partial charge >= 0.3 is 0 Å². The summed E-state index contributed by atoms with van der Waals surface area (Å²) in [5, 5.41) is 10.3. The summed E-state index contributed by atoms with van der Waals surface area (Å²) in [7, 11) is 2.04. The van der Waals surface area contributed by atoms with Gasteiger partial charge in [-0.15, -0.1) is 0 Å². The summed E-state index contributed by atoms with van der Waals surface area (Å²) in [6, 6.07) is 10.1. The molecular weight excluding hydrogens is 364 g/mol. The number of fused-ring (bicyclic) bond motifs is 1. The zero-order valence-electron chi connectivity index (χ0n) is 17.2. The van der Waals surface area contributed by atoms with Crippen molar-refractivity contribution in [1.82, 2.24) is 14.4 Å². The zero-order valence-corrected chi connectivity index (χ0v) is 17.2. The summed E-state index contributed by atoms with van der Waals surface area (Å²) in [4.78, 5) is 28.8. The average molecular weight is 393 g/mol. The Kier molecular flexibility index (Phi) is 5.31. The highest BCUT2D eigenvalue weighted by Gasteiger charge is 2.38. The van der Waals surface area contributed by atoms with Gasteiger partial charge in [0, 0.05) is 44.3 Å². The third-order valence-corrected chi connectivity index (χ3v) is 6.61. The number of hydrogen-bond acceptors (Lipinski definition) is 3. The van der Waals surface area contributed by atoms with E-state index in [1.165, 1.54) is 5.69 Å². The number of amides is 2. The van der Waals surface area contributed by atoms with Crippen LogP contribution in [0.25, 0.3) is 10.9 Å². The van der Waals surface area contributed by atoms with E-state index in [9.17, 15) is 9.59 Å². The van der Waals surface area contributed by atoms with Crippen LogP contribution in [0.1, 0.15) is 50.3 Å². The highest BCUT2D eigenvalue weighted by atomic mass is 16.2. The molecule has 2 aromatic rings. The number of nitriles is 1. The summed E-state index contributed by atoms with van der Waals surface area (Å²) in [5.74, 6) is 0.139. The fraction of sp³-hybridized carbons (Fsp3) is 0.522. The Morgan fingerprint density at radius 3 is 2.66 bits per heavy atom. The molecule has 6 nitrogen and oxygen atoms in total. The largest absolute Gasteiger partial charge is 0.348 e. The number of aryl methyl sites for hydroxylation is 2. The average Bonchev–Trinajstić information content (AvgIpc) is 3.45. The number of carbonyl (C=O) groups is 2. The van der Waals surface area contributed by atoms with Gasteiger partial charge in [0.2, 0.25) is 11.8 Å². The summed E-state index contributed by atoms with van der Waals surface area (Å²) in [6.45, 7) is 3.06. The van der Waals surface area contributed by atoms with Crippen molar-refractivity contribution in [3.8, 4) is 6.07 Å². The fourth-order valence-corrected chi connectivity index (χ4v) is 5.03. The lowest BCUT2D eigenvalue weighted by Crippen LogP contribution is -2.48. The first-order valence-corrected chi connectivity index (χ1v) is 10.6. The molecule has 29 heavy (non-hydrogen) atoms. The Labute approximate surface area is 171 Å². The van der Waals surface area contributed by atoms with Crippen molar-refractivity contribution < 1.29 is 9.59 Å². The number of hydrogen-bond donors (Lipinski definition) is 0. The van der Waals surface area contributed by atoms with Crippen LogP contribution in [-0.4, -0.2) is 51.4 Å². The van der Waals surface area contributed by atoms with Gasteiger partial charge in [-0.3, -0.25) is 9.59 Å². The molecule has 2 atom stereocenters. The van der Waals surface area contributed by atoms with E-state index >= 15 is 0 Å². The fourth-order valence-electron chi connectivity index (χ4n) is 5.03. The molecule has 2 amide bonds. The van der Waals surface area contributed by atoms with Gasteiger partial charge in [-0.2, -0.15) is 5.26 Å². The molecule has 0 spiro atoms. The highest BCUT2D eigenvalue weighted by Crippen LogP contribution is 2.28. The predicted octanol–water partition coefficient (Wildman–Crippen LogP) is 2.98. The SMILES string of the molecule is CC(=O)N1CCCC1C(=O)N1CCCC1CCc1cc2ccc(C#N)cc2n1C. The van der Waals surface area contributed by atoms with Crippen LogP contribution in [0.15, 0.2) is 24.3 Å². The number of rotatable bonds is 4. The number of benzene rings is 1. The number of carbonyl (C=O) groups excluding carboxylic acids is 2. The van der Waals surface area contributed by atoms with E-state index in [-0.39, 0.29) is 23.9 Å². The van der Waals surface area contributed by atoms with Crippen molar-refractivity contribution in [3.05, 3.63) is 35.5 Å². The van der Waals surface area contributed by atoms with Gasteiger partial charge in [0.1, 0.15) is 6.04 Å². The molecule has 0 bridgehead atoms. The predicted molar refractivity (Wildman–Crippen MR) is 111 cm³/mol. The van der Waals surface area contributed by atoms with Crippen LogP contribution in [0.3, 0.4) is 0 Å². The molecule has 0 radical (unpaired) electrons. The Morgan fingerprint density at radius 2 is 1.90 bits per heavy atom. The first-order valence-electron chi connectivity index (χ1n) is 10.6. The second kappa shape index (κ2) is 7.90. The molecule has 2 saturated heterocycles. The quantitative estimate of drug-likeness (QED) is 0.803. The van der Waals surface area contributed by atoms with Crippen molar-refractivity contribution in [2.45, 2.75) is 57.5 Å². The summed E-state index contributed by atoms with van der Waals surface area (Å²) in [5.41, 5.74) is 2.96. The molecule has 0 N–H and O–H groups in total. The number of aromatic nitrogens is 1. The van der Waals surface area contributed by atoms with E-state index < -0.39 is 0 Å². The zero-order chi connectivity index (χ0) is 20.5. The minimum atomic E-state index is -0.268.